The van der Waals surface area contributed by atoms with Crippen molar-refractivity contribution in [3.63, 3.8) is 0 Å². The number of anilines is 1. The Balaban J connectivity index is 1.95. The van der Waals surface area contributed by atoms with Gasteiger partial charge in [0.2, 0.25) is 0 Å². The van der Waals surface area contributed by atoms with Crippen LogP contribution in [0, 0.1) is 19.7 Å². The second-order valence-corrected chi connectivity index (χ2v) is 6.83. The Morgan fingerprint density at radius 3 is 2.61 bits per heavy atom. The topological polar surface area (TPSA) is 24.1 Å². The average molecular weight is 377 g/mol. The van der Waals surface area contributed by atoms with E-state index in [1.807, 2.05) is 31.3 Å². The lowest BCUT2D eigenvalue weighted by molar-refractivity contribution is 0.628. The van der Waals surface area contributed by atoms with Gasteiger partial charge in [0.1, 0.15) is 5.82 Å². The van der Waals surface area contributed by atoms with Gasteiger partial charge in [0.25, 0.3) is 0 Å². The van der Waals surface area contributed by atoms with Crippen molar-refractivity contribution < 1.29 is 4.39 Å². The molecule has 0 aromatic heterocycles. The molecule has 2 N–H and O–H groups in total. The molecular formula is C25H29FN2. The van der Waals surface area contributed by atoms with E-state index in [2.05, 4.69) is 55.8 Å². The molecule has 146 valence electrons. The number of allylic oxidation sites excluding steroid dienone is 2. The molecule has 3 heteroatoms. The molecule has 0 aliphatic carbocycles. The van der Waals surface area contributed by atoms with Crippen LogP contribution < -0.4 is 10.6 Å². The van der Waals surface area contributed by atoms with Gasteiger partial charge in [-0.05, 0) is 62.1 Å². The Bertz CT molecular complexity index is 907. The van der Waals surface area contributed by atoms with Gasteiger partial charge in [0, 0.05) is 29.7 Å². The number of rotatable bonds is 9. The predicted molar refractivity (Wildman–Crippen MR) is 120 cm³/mol. The average Bonchev–Trinajstić information content (AvgIpc) is 2.66. The van der Waals surface area contributed by atoms with Crippen molar-refractivity contribution in [2.45, 2.75) is 27.2 Å². The van der Waals surface area contributed by atoms with Crippen LogP contribution in [0.3, 0.4) is 0 Å². The lowest BCUT2D eigenvalue weighted by Gasteiger charge is -2.14. The van der Waals surface area contributed by atoms with E-state index in [1.54, 1.807) is 6.07 Å². The van der Waals surface area contributed by atoms with Crippen molar-refractivity contribution >= 4 is 11.3 Å². The van der Waals surface area contributed by atoms with Crippen molar-refractivity contribution in [2.75, 3.05) is 11.9 Å². The predicted octanol–water partition coefficient (Wildman–Crippen LogP) is 6.52. The molecule has 0 aliphatic heterocycles. The van der Waals surface area contributed by atoms with Gasteiger partial charge in [-0.2, -0.15) is 0 Å². The van der Waals surface area contributed by atoms with Gasteiger partial charge in [-0.25, -0.2) is 4.39 Å². The number of halogens is 1. The summed E-state index contributed by atoms with van der Waals surface area (Å²) < 4.78 is 13.3. The molecule has 2 aromatic rings. The first-order chi connectivity index (χ1) is 13.4. The van der Waals surface area contributed by atoms with Crippen LogP contribution >= 0.6 is 0 Å². The highest BCUT2D eigenvalue weighted by Crippen LogP contribution is 2.21. The largest absolute Gasteiger partial charge is 0.385 e. The molecule has 0 unspecified atom stereocenters. The molecular weight excluding hydrogens is 347 g/mol. The van der Waals surface area contributed by atoms with E-state index in [4.69, 9.17) is 0 Å². The zero-order valence-corrected chi connectivity index (χ0v) is 17.0. The minimum Gasteiger partial charge on any atom is -0.385 e. The van der Waals surface area contributed by atoms with Crippen LogP contribution in [0.25, 0.3) is 5.57 Å². The Hall–Kier alpha value is -3.07. The third-order valence-corrected chi connectivity index (χ3v) is 4.45. The number of aryl methyl sites for hydroxylation is 2. The fourth-order valence-electron chi connectivity index (χ4n) is 2.87. The van der Waals surface area contributed by atoms with Gasteiger partial charge >= 0.3 is 0 Å². The highest BCUT2D eigenvalue weighted by molar-refractivity contribution is 5.67. The maximum Gasteiger partial charge on any atom is 0.125 e. The summed E-state index contributed by atoms with van der Waals surface area (Å²) >= 11 is 0. The summed E-state index contributed by atoms with van der Waals surface area (Å²) in [5.74, 6) is -0.270. The Kier molecular flexibility index (Phi) is 7.82. The summed E-state index contributed by atoms with van der Waals surface area (Å²) in [6, 6.07) is 12.8. The van der Waals surface area contributed by atoms with Crippen molar-refractivity contribution in [1.82, 2.24) is 5.32 Å². The summed E-state index contributed by atoms with van der Waals surface area (Å²) in [4.78, 5) is 0. The molecule has 0 atom stereocenters. The Morgan fingerprint density at radius 1 is 1.11 bits per heavy atom. The molecule has 0 spiro atoms. The van der Waals surface area contributed by atoms with E-state index < -0.39 is 0 Å². The number of benzene rings is 2. The molecule has 2 aromatic carbocycles. The molecule has 0 aliphatic rings. The lowest BCUT2D eigenvalue weighted by Crippen LogP contribution is -2.16. The molecule has 0 amide bonds. The minimum atomic E-state index is -0.270. The fraction of sp³-hybridized carbons (Fsp3) is 0.200. The summed E-state index contributed by atoms with van der Waals surface area (Å²) in [6.45, 7) is 15.3. The van der Waals surface area contributed by atoms with Crippen molar-refractivity contribution in [3.8, 4) is 0 Å². The standard InChI is InChI=1S/C25H29FN2/c1-6-8-22(17-28-24-10-7-9-23(26)16-24)21(5)27-14-13-20(4)25-15-18(2)11-12-19(25)3/h6-12,15-17,27-28H,4-5,13-14H2,1-3H3/b8-6-,22-17+. The SMILES string of the molecule is C=C(NCCC(=C)c1cc(C)ccc1C)C(/C=C\C)=C/Nc1cccc(F)c1. The quantitative estimate of drug-likeness (QED) is 0.487. The molecule has 0 heterocycles. The first-order valence-corrected chi connectivity index (χ1v) is 9.44. The van der Waals surface area contributed by atoms with Crippen LogP contribution in [0.15, 0.2) is 85.2 Å². The molecule has 28 heavy (non-hydrogen) atoms. The summed E-state index contributed by atoms with van der Waals surface area (Å²) in [6.07, 6.45) is 6.55. The van der Waals surface area contributed by atoms with Gasteiger partial charge < -0.3 is 10.6 Å². The summed E-state index contributed by atoms with van der Waals surface area (Å²) in [5, 5.41) is 6.48. The van der Waals surface area contributed by atoms with Crippen LogP contribution in [-0.4, -0.2) is 6.54 Å². The van der Waals surface area contributed by atoms with Gasteiger partial charge in [0.15, 0.2) is 0 Å². The third kappa shape index (κ3) is 6.27. The molecule has 2 nitrogen and oxygen atoms in total. The summed E-state index contributed by atoms with van der Waals surface area (Å²) in [7, 11) is 0. The van der Waals surface area contributed by atoms with Gasteiger partial charge in [0.05, 0.1) is 0 Å². The number of hydrogen-bond acceptors (Lipinski definition) is 2. The second kappa shape index (κ2) is 10.3. The zero-order valence-electron chi connectivity index (χ0n) is 17.0. The van der Waals surface area contributed by atoms with Gasteiger partial charge in [-0.1, -0.05) is 55.1 Å². The van der Waals surface area contributed by atoms with Crippen LogP contribution in [0.2, 0.25) is 0 Å². The molecule has 2 rings (SSSR count). The summed E-state index contributed by atoms with van der Waals surface area (Å²) in [5.41, 5.74) is 7.20. The monoisotopic (exact) mass is 376 g/mol. The highest BCUT2D eigenvalue weighted by atomic mass is 19.1. The smallest absolute Gasteiger partial charge is 0.125 e. The third-order valence-electron chi connectivity index (χ3n) is 4.45. The van der Waals surface area contributed by atoms with Gasteiger partial charge in [-0.15, -0.1) is 0 Å². The molecule has 0 radical (unpaired) electrons. The van der Waals surface area contributed by atoms with Crippen LogP contribution in [0.4, 0.5) is 10.1 Å². The van der Waals surface area contributed by atoms with E-state index in [-0.39, 0.29) is 5.82 Å². The Morgan fingerprint density at radius 2 is 1.89 bits per heavy atom. The number of hydrogen-bond donors (Lipinski definition) is 2. The fourth-order valence-corrected chi connectivity index (χ4v) is 2.87. The molecule has 0 bridgehead atoms. The molecule has 0 saturated heterocycles. The lowest BCUT2D eigenvalue weighted by atomic mass is 9.97. The molecule has 0 fully saturated rings. The first-order valence-electron chi connectivity index (χ1n) is 9.44. The molecule has 0 saturated carbocycles. The maximum absolute atomic E-state index is 13.3. The van der Waals surface area contributed by atoms with E-state index in [1.165, 1.54) is 28.8 Å². The first kappa shape index (κ1) is 21.2. The van der Waals surface area contributed by atoms with Crippen LogP contribution in [0.5, 0.6) is 0 Å². The van der Waals surface area contributed by atoms with E-state index in [0.29, 0.717) is 5.69 Å². The highest BCUT2D eigenvalue weighted by Gasteiger charge is 2.05. The maximum atomic E-state index is 13.3. The van der Waals surface area contributed by atoms with Crippen LogP contribution in [-0.2, 0) is 0 Å². The van der Waals surface area contributed by atoms with Crippen LogP contribution in [0.1, 0.15) is 30.0 Å². The van der Waals surface area contributed by atoms with Crippen molar-refractivity contribution in [2.24, 2.45) is 0 Å². The van der Waals surface area contributed by atoms with E-state index >= 15 is 0 Å². The van der Waals surface area contributed by atoms with Crippen molar-refractivity contribution in [3.05, 3.63) is 108 Å². The van der Waals surface area contributed by atoms with Gasteiger partial charge in [-0.3, -0.25) is 0 Å². The van der Waals surface area contributed by atoms with E-state index in [0.717, 1.165) is 29.8 Å². The number of nitrogens with one attached hydrogen (secondary N) is 2. The Labute approximate surface area is 168 Å². The normalized spacial score (nSPS) is 11.5. The zero-order chi connectivity index (χ0) is 20.5. The van der Waals surface area contributed by atoms with Crippen molar-refractivity contribution in [1.29, 1.82) is 0 Å². The second-order valence-electron chi connectivity index (χ2n) is 6.83. The van der Waals surface area contributed by atoms with E-state index in [9.17, 15) is 4.39 Å². The minimum absolute atomic E-state index is 0.270.